The first-order valence-corrected chi connectivity index (χ1v) is 5.43. The van der Waals surface area contributed by atoms with Gasteiger partial charge in [-0.05, 0) is 12.1 Å². The molecule has 0 aliphatic carbocycles. The third-order valence-electron chi connectivity index (χ3n) is 2.42. The molecule has 0 aliphatic rings. The molecule has 2 rings (SSSR count). The fourth-order valence-corrected chi connectivity index (χ4v) is 1.42. The molecule has 0 N–H and O–H groups in total. The summed E-state index contributed by atoms with van der Waals surface area (Å²) in [6.45, 7) is 6.73. The van der Waals surface area contributed by atoms with Crippen molar-refractivity contribution in [2.24, 2.45) is 0 Å². The number of aldehydes is 1. The van der Waals surface area contributed by atoms with Crippen molar-refractivity contribution >= 4 is 6.29 Å². The summed E-state index contributed by atoms with van der Waals surface area (Å²) in [5.41, 5.74) is 0.912. The summed E-state index contributed by atoms with van der Waals surface area (Å²) in [7, 11) is 0. The maximum atomic E-state index is 10.5. The minimum atomic E-state index is -0.0185. The summed E-state index contributed by atoms with van der Waals surface area (Å²) < 4.78 is 6.98. The quantitative estimate of drug-likeness (QED) is 0.761. The Bertz CT molecular complexity index is 520. The Morgan fingerprint density at radius 2 is 2.18 bits per heavy atom. The molecule has 0 saturated carbocycles. The molecule has 5 heteroatoms. The molecule has 0 fully saturated rings. The zero-order chi connectivity index (χ0) is 12.5. The van der Waals surface area contributed by atoms with E-state index < -0.39 is 0 Å². The van der Waals surface area contributed by atoms with Crippen LogP contribution in [0.4, 0.5) is 0 Å². The predicted octanol–water partition coefficient (Wildman–Crippen LogP) is 2.03. The molecule has 0 radical (unpaired) electrons. The summed E-state index contributed by atoms with van der Waals surface area (Å²) in [5, 5.41) is 8.14. The van der Waals surface area contributed by atoms with E-state index in [2.05, 4.69) is 31.1 Å². The molecule has 0 atom stereocenters. The van der Waals surface area contributed by atoms with Gasteiger partial charge in [0.05, 0.1) is 5.69 Å². The van der Waals surface area contributed by atoms with E-state index in [0.29, 0.717) is 24.4 Å². The van der Waals surface area contributed by atoms with Crippen LogP contribution in [0.5, 0.6) is 0 Å². The molecule has 90 valence electrons. The van der Waals surface area contributed by atoms with Gasteiger partial charge in [-0.3, -0.25) is 4.79 Å². The molecular weight excluding hydrogens is 218 g/mol. The van der Waals surface area contributed by atoms with Gasteiger partial charge in [0.15, 0.2) is 12.0 Å². The van der Waals surface area contributed by atoms with Crippen LogP contribution < -0.4 is 0 Å². The van der Waals surface area contributed by atoms with Crippen molar-refractivity contribution < 1.29 is 9.21 Å². The van der Waals surface area contributed by atoms with Crippen molar-refractivity contribution in [3.63, 3.8) is 0 Å². The van der Waals surface area contributed by atoms with Crippen LogP contribution in [0.15, 0.2) is 22.7 Å². The zero-order valence-electron chi connectivity index (χ0n) is 10.2. The lowest BCUT2D eigenvalue weighted by atomic mass is 9.93. The second-order valence-corrected chi connectivity index (χ2v) is 4.97. The summed E-state index contributed by atoms with van der Waals surface area (Å²) in [6.07, 6.45) is 2.58. The number of carbonyl (C=O) groups is 1. The van der Waals surface area contributed by atoms with Crippen molar-refractivity contribution in [3.8, 4) is 0 Å². The normalized spacial score (nSPS) is 11.7. The summed E-state index contributed by atoms with van der Waals surface area (Å²) >= 11 is 0. The van der Waals surface area contributed by atoms with Crippen LogP contribution in [0.25, 0.3) is 0 Å². The molecule has 0 bridgehead atoms. The van der Waals surface area contributed by atoms with E-state index in [0.717, 1.165) is 5.69 Å². The molecule has 5 nitrogen and oxygen atoms in total. The highest BCUT2D eigenvalue weighted by Crippen LogP contribution is 2.19. The molecule has 0 spiro atoms. The SMILES string of the molecule is CC(C)(C)c1cn(Cc2ccc(C=O)o2)nn1. The molecule has 17 heavy (non-hydrogen) atoms. The van der Waals surface area contributed by atoms with Crippen LogP contribution in [0.3, 0.4) is 0 Å². The Labute approximate surface area is 99.4 Å². The molecule has 0 amide bonds. The molecule has 0 aliphatic heterocycles. The first-order chi connectivity index (χ1) is 7.99. The van der Waals surface area contributed by atoms with E-state index in [1.165, 1.54) is 0 Å². The van der Waals surface area contributed by atoms with E-state index in [1.54, 1.807) is 16.8 Å². The molecule has 2 aromatic heterocycles. The van der Waals surface area contributed by atoms with Crippen molar-refractivity contribution in [2.75, 3.05) is 0 Å². The molecular formula is C12H15N3O2. The van der Waals surface area contributed by atoms with Crippen LogP contribution in [0, 0.1) is 0 Å². The predicted molar refractivity (Wildman–Crippen MR) is 61.9 cm³/mol. The lowest BCUT2D eigenvalue weighted by molar-refractivity contribution is 0.109. The number of hydrogen-bond donors (Lipinski definition) is 0. The number of nitrogens with zero attached hydrogens (tertiary/aromatic N) is 3. The van der Waals surface area contributed by atoms with Crippen LogP contribution >= 0.6 is 0 Å². The smallest absolute Gasteiger partial charge is 0.185 e. The largest absolute Gasteiger partial charge is 0.456 e. The van der Waals surface area contributed by atoms with Gasteiger partial charge in [0.2, 0.25) is 0 Å². The van der Waals surface area contributed by atoms with Crippen LogP contribution in [0.2, 0.25) is 0 Å². The van der Waals surface area contributed by atoms with Gasteiger partial charge in [0.25, 0.3) is 0 Å². The van der Waals surface area contributed by atoms with Crippen LogP contribution in [-0.2, 0) is 12.0 Å². The molecule has 0 unspecified atom stereocenters. The molecule has 2 heterocycles. The topological polar surface area (TPSA) is 60.9 Å². The summed E-state index contributed by atoms with van der Waals surface area (Å²) in [6, 6.07) is 3.41. The maximum Gasteiger partial charge on any atom is 0.185 e. The summed E-state index contributed by atoms with van der Waals surface area (Å²) in [4.78, 5) is 10.5. The standard InChI is InChI=1S/C12H15N3O2/c1-12(2,3)11-7-15(14-13-11)6-9-4-5-10(8-16)17-9/h4-5,7-8H,6H2,1-3H3. The van der Waals surface area contributed by atoms with Gasteiger partial charge < -0.3 is 4.42 Å². The Hall–Kier alpha value is -1.91. The van der Waals surface area contributed by atoms with E-state index in [9.17, 15) is 4.79 Å². The fraction of sp³-hybridized carbons (Fsp3) is 0.417. The zero-order valence-corrected chi connectivity index (χ0v) is 10.2. The van der Waals surface area contributed by atoms with Crippen molar-refractivity contribution in [2.45, 2.75) is 32.7 Å². The second kappa shape index (κ2) is 4.16. The minimum absolute atomic E-state index is 0.0185. The van der Waals surface area contributed by atoms with Gasteiger partial charge in [0, 0.05) is 11.6 Å². The highest BCUT2D eigenvalue weighted by atomic mass is 16.3. The van der Waals surface area contributed by atoms with E-state index in [1.807, 2.05) is 6.20 Å². The minimum Gasteiger partial charge on any atom is -0.456 e. The second-order valence-electron chi connectivity index (χ2n) is 4.97. The number of furan rings is 1. The van der Waals surface area contributed by atoms with Crippen molar-refractivity contribution in [3.05, 3.63) is 35.5 Å². The lowest BCUT2D eigenvalue weighted by Gasteiger charge is -2.12. The number of carbonyl (C=O) groups excluding carboxylic acids is 1. The van der Waals surface area contributed by atoms with E-state index in [4.69, 9.17) is 4.42 Å². The van der Waals surface area contributed by atoms with Gasteiger partial charge in [-0.1, -0.05) is 26.0 Å². The van der Waals surface area contributed by atoms with Crippen LogP contribution in [-0.4, -0.2) is 21.3 Å². The number of aromatic nitrogens is 3. The first kappa shape index (κ1) is 11.6. The fourth-order valence-electron chi connectivity index (χ4n) is 1.42. The average molecular weight is 233 g/mol. The highest BCUT2D eigenvalue weighted by molar-refractivity contribution is 5.70. The van der Waals surface area contributed by atoms with Crippen LogP contribution in [0.1, 0.15) is 42.8 Å². The molecule has 0 saturated heterocycles. The van der Waals surface area contributed by atoms with E-state index >= 15 is 0 Å². The van der Waals surface area contributed by atoms with Gasteiger partial charge in [0.1, 0.15) is 12.3 Å². The number of rotatable bonds is 3. The first-order valence-electron chi connectivity index (χ1n) is 5.43. The Morgan fingerprint density at radius 1 is 1.41 bits per heavy atom. The Balaban J connectivity index is 2.14. The molecule has 2 aromatic rings. The van der Waals surface area contributed by atoms with E-state index in [-0.39, 0.29) is 5.41 Å². The maximum absolute atomic E-state index is 10.5. The van der Waals surface area contributed by atoms with Crippen molar-refractivity contribution in [1.82, 2.24) is 15.0 Å². The van der Waals surface area contributed by atoms with Gasteiger partial charge >= 0.3 is 0 Å². The van der Waals surface area contributed by atoms with Gasteiger partial charge in [-0.2, -0.15) is 0 Å². The highest BCUT2D eigenvalue weighted by Gasteiger charge is 2.18. The third-order valence-corrected chi connectivity index (χ3v) is 2.42. The Kier molecular flexibility index (Phi) is 2.83. The monoisotopic (exact) mass is 233 g/mol. The molecule has 0 aromatic carbocycles. The van der Waals surface area contributed by atoms with Gasteiger partial charge in [-0.15, -0.1) is 5.10 Å². The third kappa shape index (κ3) is 2.61. The average Bonchev–Trinajstić information content (AvgIpc) is 2.86. The Morgan fingerprint density at radius 3 is 2.71 bits per heavy atom. The van der Waals surface area contributed by atoms with Crippen molar-refractivity contribution in [1.29, 1.82) is 0 Å². The lowest BCUT2D eigenvalue weighted by Crippen LogP contribution is -2.11. The van der Waals surface area contributed by atoms with Gasteiger partial charge in [-0.25, -0.2) is 4.68 Å². The summed E-state index contributed by atoms with van der Waals surface area (Å²) in [5.74, 6) is 1.02. The number of hydrogen-bond acceptors (Lipinski definition) is 4.